The van der Waals surface area contributed by atoms with Crippen LogP contribution in [0.4, 0.5) is 10.5 Å². The molecule has 1 aliphatic rings. The molecule has 148 valence electrons. The van der Waals surface area contributed by atoms with Crippen molar-refractivity contribution in [2.75, 3.05) is 17.6 Å². The third kappa shape index (κ3) is 4.86. The third-order valence-electron chi connectivity index (χ3n) is 4.67. The first-order chi connectivity index (χ1) is 14.2. The topological polar surface area (TPSA) is 41.6 Å². The van der Waals surface area contributed by atoms with Gasteiger partial charge >= 0.3 is 6.03 Å². The minimum atomic E-state index is -0.125. The van der Waals surface area contributed by atoms with Gasteiger partial charge in [-0.15, -0.1) is 11.8 Å². The smallest absolute Gasteiger partial charge is 0.323 e. The average Bonchev–Trinajstić information content (AvgIpc) is 3.25. The fourth-order valence-electron chi connectivity index (χ4n) is 3.22. The lowest BCUT2D eigenvalue weighted by Crippen LogP contribution is -2.34. The van der Waals surface area contributed by atoms with E-state index in [1.54, 1.807) is 36.0 Å². The quantitative estimate of drug-likeness (QED) is 0.530. The van der Waals surface area contributed by atoms with Gasteiger partial charge in [0.15, 0.2) is 0 Å². The van der Waals surface area contributed by atoms with Crippen LogP contribution in [0, 0.1) is 0 Å². The molecule has 6 heteroatoms. The minimum absolute atomic E-state index is 0.0886. The summed E-state index contributed by atoms with van der Waals surface area (Å²) in [6.07, 6.45) is 0. The second-order valence-electron chi connectivity index (χ2n) is 6.67. The van der Waals surface area contributed by atoms with Gasteiger partial charge in [-0.2, -0.15) is 0 Å². The van der Waals surface area contributed by atoms with E-state index in [-0.39, 0.29) is 11.4 Å². The summed E-state index contributed by atoms with van der Waals surface area (Å²) in [5.74, 6) is 1.69. The molecule has 0 saturated carbocycles. The van der Waals surface area contributed by atoms with Crippen LogP contribution >= 0.6 is 23.4 Å². The summed E-state index contributed by atoms with van der Waals surface area (Å²) in [6.45, 7) is 1.17. The van der Waals surface area contributed by atoms with Crippen LogP contribution in [0.3, 0.4) is 0 Å². The molecule has 1 atom stereocenters. The van der Waals surface area contributed by atoms with Gasteiger partial charge in [-0.05, 0) is 35.9 Å². The summed E-state index contributed by atoms with van der Waals surface area (Å²) in [5, 5.41) is 3.51. The normalized spacial score (nSPS) is 15.9. The van der Waals surface area contributed by atoms with Gasteiger partial charge in [0.25, 0.3) is 0 Å². The second-order valence-corrected chi connectivity index (χ2v) is 8.29. The van der Waals surface area contributed by atoms with E-state index in [1.165, 1.54) is 0 Å². The lowest BCUT2D eigenvalue weighted by Gasteiger charge is -2.26. The number of nitrogens with one attached hydrogen (secondary N) is 1. The highest BCUT2D eigenvalue weighted by molar-refractivity contribution is 7.99. The number of hydrogen-bond donors (Lipinski definition) is 1. The summed E-state index contributed by atoms with van der Waals surface area (Å²) in [5.41, 5.74) is 2.85. The Labute approximate surface area is 179 Å². The Balaban J connectivity index is 1.49. The molecule has 0 aliphatic carbocycles. The molecule has 29 heavy (non-hydrogen) atoms. The number of carbonyl (C=O) groups is 1. The molecule has 1 fully saturated rings. The van der Waals surface area contributed by atoms with Gasteiger partial charge in [0.05, 0.1) is 0 Å². The predicted molar refractivity (Wildman–Crippen MR) is 120 cm³/mol. The number of carbonyl (C=O) groups excluding carboxylic acids is 1. The molecular formula is C23H21ClN2O2S. The van der Waals surface area contributed by atoms with Gasteiger partial charge in [0.2, 0.25) is 0 Å². The number of nitrogens with zero attached hydrogens (tertiary/aromatic N) is 1. The molecule has 4 nitrogen and oxygen atoms in total. The molecule has 0 radical (unpaired) electrons. The van der Waals surface area contributed by atoms with E-state index >= 15 is 0 Å². The number of urea groups is 1. The summed E-state index contributed by atoms with van der Waals surface area (Å²) in [6, 6.07) is 25.0. The third-order valence-corrected chi connectivity index (χ3v) is 6.16. The molecule has 4 rings (SSSR count). The van der Waals surface area contributed by atoms with E-state index in [0.29, 0.717) is 18.2 Å². The summed E-state index contributed by atoms with van der Waals surface area (Å²) < 4.78 is 6.11. The zero-order valence-electron chi connectivity index (χ0n) is 15.8. The molecule has 0 spiro atoms. The summed E-state index contributed by atoms with van der Waals surface area (Å²) in [4.78, 5) is 14.8. The first-order valence-corrected chi connectivity index (χ1v) is 10.8. The van der Waals surface area contributed by atoms with E-state index in [4.69, 9.17) is 16.3 Å². The Kier molecular flexibility index (Phi) is 6.27. The SMILES string of the molecule is O=C(Nc1ccc(Cl)cc1)N1CCSC1c1ccccc1OCc1ccccc1. The van der Waals surface area contributed by atoms with E-state index in [0.717, 1.165) is 28.3 Å². The van der Waals surface area contributed by atoms with E-state index < -0.39 is 0 Å². The van der Waals surface area contributed by atoms with Gasteiger partial charge in [0.1, 0.15) is 17.7 Å². The van der Waals surface area contributed by atoms with Gasteiger partial charge in [-0.25, -0.2) is 4.79 Å². The maximum absolute atomic E-state index is 12.9. The zero-order valence-corrected chi connectivity index (χ0v) is 17.3. The Morgan fingerprint density at radius 3 is 2.55 bits per heavy atom. The van der Waals surface area contributed by atoms with Crippen molar-refractivity contribution in [3.8, 4) is 5.75 Å². The molecule has 1 unspecified atom stereocenters. The molecule has 3 aromatic carbocycles. The van der Waals surface area contributed by atoms with Crippen molar-refractivity contribution < 1.29 is 9.53 Å². The van der Waals surface area contributed by atoms with Crippen molar-refractivity contribution in [2.45, 2.75) is 12.0 Å². The Morgan fingerprint density at radius 1 is 1.03 bits per heavy atom. The number of benzene rings is 3. The van der Waals surface area contributed by atoms with Crippen LogP contribution in [0.1, 0.15) is 16.5 Å². The van der Waals surface area contributed by atoms with Gasteiger partial charge in [0, 0.05) is 28.6 Å². The Bertz CT molecular complexity index is 966. The zero-order chi connectivity index (χ0) is 20.1. The van der Waals surface area contributed by atoms with E-state index in [1.807, 2.05) is 59.5 Å². The van der Waals surface area contributed by atoms with Crippen molar-refractivity contribution in [2.24, 2.45) is 0 Å². The Morgan fingerprint density at radius 2 is 1.76 bits per heavy atom. The lowest BCUT2D eigenvalue weighted by atomic mass is 10.1. The second kappa shape index (κ2) is 9.25. The van der Waals surface area contributed by atoms with Crippen molar-refractivity contribution in [1.82, 2.24) is 4.90 Å². The van der Waals surface area contributed by atoms with Crippen molar-refractivity contribution >= 4 is 35.1 Å². The van der Waals surface area contributed by atoms with Crippen molar-refractivity contribution in [1.29, 1.82) is 0 Å². The standard InChI is InChI=1S/C23H21ClN2O2S/c24-18-10-12-19(13-11-18)25-23(27)26-14-15-29-22(26)20-8-4-5-9-21(20)28-16-17-6-2-1-3-7-17/h1-13,22H,14-16H2,(H,25,27). The monoisotopic (exact) mass is 424 g/mol. The van der Waals surface area contributed by atoms with Gasteiger partial charge < -0.3 is 15.0 Å². The largest absolute Gasteiger partial charge is 0.489 e. The fraction of sp³-hybridized carbons (Fsp3) is 0.174. The fourth-order valence-corrected chi connectivity index (χ4v) is 4.62. The average molecular weight is 425 g/mol. The first-order valence-electron chi connectivity index (χ1n) is 9.41. The molecular weight excluding hydrogens is 404 g/mol. The van der Waals surface area contributed by atoms with Gasteiger partial charge in [-0.1, -0.05) is 60.1 Å². The van der Waals surface area contributed by atoms with Crippen LogP contribution in [-0.4, -0.2) is 23.2 Å². The highest BCUT2D eigenvalue weighted by Crippen LogP contribution is 2.42. The number of para-hydroxylation sites is 1. The number of ether oxygens (including phenoxy) is 1. The molecule has 1 heterocycles. The van der Waals surface area contributed by atoms with Gasteiger partial charge in [-0.3, -0.25) is 0 Å². The minimum Gasteiger partial charge on any atom is -0.489 e. The van der Waals surface area contributed by atoms with Crippen LogP contribution in [0.5, 0.6) is 5.75 Å². The first kappa shape index (κ1) is 19.7. The number of anilines is 1. The molecule has 0 aromatic heterocycles. The molecule has 3 aromatic rings. The van der Waals surface area contributed by atoms with Crippen LogP contribution in [0.25, 0.3) is 0 Å². The number of hydrogen-bond acceptors (Lipinski definition) is 3. The molecule has 0 bridgehead atoms. The van der Waals surface area contributed by atoms with Crippen LogP contribution < -0.4 is 10.1 Å². The highest BCUT2D eigenvalue weighted by atomic mass is 35.5. The predicted octanol–water partition coefficient (Wildman–Crippen LogP) is 6.20. The number of thioether (sulfide) groups is 1. The Hall–Kier alpha value is -2.63. The summed E-state index contributed by atoms with van der Waals surface area (Å²) >= 11 is 7.67. The van der Waals surface area contributed by atoms with Crippen LogP contribution in [-0.2, 0) is 6.61 Å². The number of rotatable bonds is 5. The summed E-state index contributed by atoms with van der Waals surface area (Å²) in [7, 11) is 0. The number of amides is 2. The van der Waals surface area contributed by atoms with Crippen molar-refractivity contribution in [3.63, 3.8) is 0 Å². The molecule has 2 amide bonds. The van der Waals surface area contributed by atoms with E-state index in [2.05, 4.69) is 5.32 Å². The number of halogens is 1. The molecule has 1 aliphatic heterocycles. The molecule has 1 N–H and O–H groups in total. The maximum atomic E-state index is 12.9. The van der Waals surface area contributed by atoms with Crippen LogP contribution in [0.2, 0.25) is 5.02 Å². The molecule has 1 saturated heterocycles. The van der Waals surface area contributed by atoms with Crippen molar-refractivity contribution in [3.05, 3.63) is 95.0 Å². The highest BCUT2D eigenvalue weighted by Gasteiger charge is 2.32. The van der Waals surface area contributed by atoms with E-state index in [9.17, 15) is 4.79 Å². The van der Waals surface area contributed by atoms with Crippen LogP contribution in [0.15, 0.2) is 78.9 Å². The maximum Gasteiger partial charge on any atom is 0.323 e. The lowest BCUT2D eigenvalue weighted by molar-refractivity contribution is 0.213.